The highest BCUT2D eigenvalue weighted by molar-refractivity contribution is 5.90. The molecule has 2 aliphatic rings. The van der Waals surface area contributed by atoms with Crippen LogP contribution in [0.5, 0.6) is 0 Å². The normalized spacial score (nSPS) is 20.9. The molecule has 2 fully saturated rings. The van der Waals surface area contributed by atoms with Crippen molar-refractivity contribution in [1.29, 1.82) is 0 Å². The summed E-state index contributed by atoms with van der Waals surface area (Å²) in [5.74, 6) is -1.84. The quantitative estimate of drug-likeness (QED) is 0.294. The molecule has 2 aromatic carbocycles. The standard InChI is InChI=1S/C31H37F2N3O6/c1-19-6-10-22(32)17-25(19)35-30-34-24-13-9-21(27(33)28(24)41-30)16-26(37)31(18-39-2,36-14-4-5-15-36)42-23-11-7-20(8-12-23)29(38)40-3/h6,9-10,13,17,20,23H,4-5,7-8,11-12,14-16,18H2,1-3H3,(H,34,35). The summed E-state index contributed by atoms with van der Waals surface area (Å²) in [4.78, 5) is 32.4. The number of nitrogens with one attached hydrogen (secondary N) is 1. The van der Waals surface area contributed by atoms with Gasteiger partial charge in [0.05, 0.1) is 25.7 Å². The van der Waals surface area contributed by atoms with Crippen LogP contribution in [0, 0.1) is 24.5 Å². The first-order chi connectivity index (χ1) is 20.2. The Labute approximate surface area is 243 Å². The Morgan fingerprint density at radius 3 is 2.52 bits per heavy atom. The number of ketones is 1. The average Bonchev–Trinajstić information content (AvgIpc) is 3.67. The molecule has 11 heteroatoms. The number of esters is 1. The number of methoxy groups -OCH3 is 2. The number of anilines is 2. The van der Waals surface area contributed by atoms with Crippen LogP contribution in [0.15, 0.2) is 34.7 Å². The highest BCUT2D eigenvalue weighted by Crippen LogP contribution is 2.35. The lowest BCUT2D eigenvalue weighted by Crippen LogP contribution is -2.61. The molecule has 1 aromatic heterocycles. The van der Waals surface area contributed by atoms with Gasteiger partial charge in [-0.15, -0.1) is 0 Å². The van der Waals surface area contributed by atoms with Crippen molar-refractivity contribution in [2.24, 2.45) is 5.92 Å². The van der Waals surface area contributed by atoms with Crippen LogP contribution in [0.1, 0.15) is 49.7 Å². The van der Waals surface area contributed by atoms with E-state index in [-0.39, 0.29) is 59.5 Å². The van der Waals surface area contributed by atoms with E-state index in [9.17, 15) is 14.0 Å². The van der Waals surface area contributed by atoms with Crippen LogP contribution in [0.2, 0.25) is 0 Å². The molecule has 1 N–H and O–H groups in total. The van der Waals surface area contributed by atoms with E-state index >= 15 is 4.39 Å². The second kappa shape index (κ2) is 12.8. The molecule has 5 rings (SSSR count). The molecule has 2 heterocycles. The minimum Gasteiger partial charge on any atom is -0.469 e. The molecule has 9 nitrogen and oxygen atoms in total. The van der Waals surface area contributed by atoms with Crippen molar-refractivity contribution in [2.45, 2.75) is 63.7 Å². The summed E-state index contributed by atoms with van der Waals surface area (Å²) < 4.78 is 52.3. The van der Waals surface area contributed by atoms with Gasteiger partial charge in [-0.3, -0.25) is 14.5 Å². The zero-order valence-corrected chi connectivity index (χ0v) is 24.2. The largest absolute Gasteiger partial charge is 0.469 e. The number of oxazole rings is 1. The fraction of sp³-hybridized carbons (Fsp3) is 0.516. The molecule has 0 amide bonds. The van der Waals surface area contributed by atoms with Gasteiger partial charge in [-0.1, -0.05) is 12.1 Å². The van der Waals surface area contributed by atoms with Gasteiger partial charge in [0.15, 0.2) is 17.2 Å². The van der Waals surface area contributed by atoms with Gasteiger partial charge in [-0.05, 0) is 74.8 Å². The highest BCUT2D eigenvalue weighted by atomic mass is 19.1. The maximum Gasteiger partial charge on any atom is 0.308 e. The topological polar surface area (TPSA) is 103 Å². The zero-order valence-electron chi connectivity index (χ0n) is 24.2. The molecular weight excluding hydrogens is 548 g/mol. The number of ether oxygens (including phenoxy) is 3. The molecule has 1 atom stereocenters. The predicted molar refractivity (Wildman–Crippen MR) is 151 cm³/mol. The Morgan fingerprint density at radius 2 is 1.83 bits per heavy atom. The Morgan fingerprint density at radius 1 is 1.10 bits per heavy atom. The lowest BCUT2D eigenvalue weighted by molar-refractivity contribution is -0.211. The van der Waals surface area contributed by atoms with Gasteiger partial charge in [0.1, 0.15) is 11.3 Å². The molecule has 1 saturated heterocycles. The van der Waals surface area contributed by atoms with E-state index < -0.39 is 17.4 Å². The highest BCUT2D eigenvalue weighted by Gasteiger charge is 2.48. The van der Waals surface area contributed by atoms with Crippen molar-refractivity contribution in [3.63, 3.8) is 0 Å². The summed E-state index contributed by atoms with van der Waals surface area (Å²) in [6.45, 7) is 3.11. The van der Waals surface area contributed by atoms with Crippen LogP contribution in [0.4, 0.5) is 20.5 Å². The minimum absolute atomic E-state index is 0.00398. The first-order valence-electron chi connectivity index (χ1n) is 14.4. The van der Waals surface area contributed by atoms with Crippen LogP contribution in [-0.4, -0.2) is 67.4 Å². The van der Waals surface area contributed by atoms with Gasteiger partial charge in [0.25, 0.3) is 6.01 Å². The van der Waals surface area contributed by atoms with E-state index in [1.54, 1.807) is 19.1 Å². The Balaban J connectivity index is 1.38. The third-order valence-corrected chi connectivity index (χ3v) is 8.33. The van der Waals surface area contributed by atoms with Gasteiger partial charge >= 0.3 is 5.97 Å². The van der Waals surface area contributed by atoms with Crippen LogP contribution >= 0.6 is 0 Å². The number of hydrogen-bond donors (Lipinski definition) is 1. The van der Waals surface area contributed by atoms with E-state index in [4.69, 9.17) is 18.6 Å². The monoisotopic (exact) mass is 585 g/mol. The molecule has 42 heavy (non-hydrogen) atoms. The fourth-order valence-electron chi connectivity index (χ4n) is 6.00. The second-order valence-corrected chi connectivity index (χ2v) is 11.1. The first kappa shape index (κ1) is 30.1. The molecule has 3 aromatic rings. The Kier molecular flexibility index (Phi) is 9.19. The maximum atomic E-state index is 15.8. The summed E-state index contributed by atoms with van der Waals surface area (Å²) in [6, 6.07) is 7.40. The second-order valence-electron chi connectivity index (χ2n) is 11.1. The van der Waals surface area contributed by atoms with Crippen LogP contribution in [0.3, 0.4) is 0 Å². The number of nitrogens with zero attached hydrogens (tertiary/aromatic N) is 2. The first-order valence-corrected chi connectivity index (χ1v) is 14.4. The number of likely N-dealkylation sites (tertiary alicyclic amines) is 1. The van der Waals surface area contributed by atoms with Crippen molar-refractivity contribution in [1.82, 2.24) is 9.88 Å². The van der Waals surface area contributed by atoms with Gasteiger partial charge < -0.3 is 23.9 Å². The van der Waals surface area contributed by atoms with Crippen LogP contribution < -0.4 is 5.32 Å². The molecule has 226 valence electrons. The smallest absolute Gasteiger partial charge is 0.308 e. The number of fused-ring (bicyclic) bond motifs is 1. The number of carbonyl (C=O) groups is 2. The van der Waals surface area contributed by atoms with Crippen molar-refractivity contribution in [2.75, 3.05) is 39.2 Å². The lowest BCUT2D eigenvalue weighted by Gasteiger charge is -2.43. The van der Waals surface area contributed by atoms with Gasteiger partial charge in [0.2, 0.25) is 5.72 Å². The van der Waals surface area contributed by atoms with Crippen LogP contribution in [-0.2, 0) is 30.2 Å². The van der Waals surface area contributed by atoms with Gasteiger partial charge in [-0.2, -0.15) is 4.98 Å². The molecule has 0 bridgehead atoms. The van der Waals surface area contributed by atoms with Gasteiger partial charge in [0, 0.05) is 32.3 Å². The van der Waals surface area contributed by atoms with E-state index in [0.717, 1.165) is 18.4 Å². The lowest BCUT2D eigenvalue weighted by atomic mass is 9.87. The number of rotatable bonds is 11. The summed E-state index contributed by atoms with van der Waals surface area (Å²) in [7, 11) is 2.91. The number of aromatic nitrogens is 1. The molecular formula is C31H37F2N3O6. The number of Topliss-reactive ketones (excluding diaryl/α,β-unsaturated/α-hetero) is 1. The van der Waals surface area contributed by atoms with E-state index in [1.807, 2.05) is 4.90 Å². The molecule has 0 spiro atoms. The molecule has 1 saturated carbocycles. The number of benzene rings is 2. The number of halogens is 2. The summed E-state index contributed by atoms with van der Waals surface area (Å²) >= 11 is 0. The van der Waals surface area contributed by atoms with E-state index in [0.29, 0.717) is 44.5 Å². The Bertz CT molecular complexity index is 1430. The maximum absolute atomic E-state index is 15.8. The third kappa shape index (κ3) is 6.18. The van der Waals surface area contributed by atoms with Gasteiger partial charge in [-0.25, -0.2) is 8.78 Å². The molecule has 0 radical (unpaired) electrons. The third-order valence-electron chi connectivity index (χ3n) is 8.33. The molecule has 1 aliphatic heterocycles. The fourth-order valence-corrected chi connectivity index (χ4v) is 6.00. The van der Waals surface area contributed by atoms with E-state index in [1.165, 1.54) is 32.4 Å². The predicted octanol–water partition coefficient (Wildman–Crippen LogP) is 5.46. The summed E-state index contributed by atoms with van der Waals surface area (Å²) in [5.41, 5.74) is 0.137. The van der Waals surface area contributed by atoms with Crippen molar-refractivity contribution in [3.8, 4) is 0 Å². The SMILES string of the molecule is COCC(OC1CCC(C(=O)OC)CC1)(C(=O)Cc1ccc2nc(Nc3cc(F)ccc3C)oc2c1F)N1CCCC1. The van der Waals surface area contributed by atoms with Crippen molar-refractivity contribution >= 4 is 34.6 Å². The van der Waals surface area contributed by atoms with Crippen LogP contribution in [0.25, 0.3) is 11.1 Å². The Hall–Kier alpha value is -3.41. The number of aryl methyl sites for hydroxylation is 1. The molecule has 1 unspecified atom stereocenters. The number of hydrogen-bond acceptors (Lipinski definition) is 9. The average molecular weight is 586 g/mol. The molecule has 1 aliphatic carbocycles. The summed E-state index contributed by atoms with van der Waals surface area (Å²) in [5, 5.41) is 2.90. The van der Waals surface area contributed by atoms with E-state index in [2.05, 4.69) is 10.3 Å². The number of carbonyl (C=O) groups excluding carboxylic acids is 2. The zero-order chi connectivity index (χ0) is 29.9. The van der Waals surface area contributed by atoms with Crippen molar-refractivity contribution in [3.05, 3.63) is 53.1 Å². The summed E-state index contributed by atoms with van der Waals surface area (Å²) in [6.07, 6.45) is 3.74. The van der Waals surface area contributed by atoms with Crippen molar-refractivity contribution < 1.29 is 37.0 Å². The minimum atomic E-state index is -1.39.